The van der Waals surface area contributed by atoms with Crippen molar-refractivity contribution in [2.45, 2.75) is 43.9 Å². The summed E-state index contributed by atoms with van der Waals surface area (Å²) in [5.74, 6) is -1.18. The molecule has 2 aromatic heterocycles. The standard InChI is InChI=1S/C25H30N4O3/c1-32-18-9-10-22(28-15-18)25(11-5-2-6-12-25)16-29-24(31)20(23(26)30)13-17-14-27-21-8-4-3-7-19(17)21/h3-4,7-10,14-15,20,27H,2,5-6,11-13,16H2,1H3,(H2,26,30)(H,29,31). The number of para-hydroxylation sites is 1. The average molecular weight is 435 g/mol. The van der Waals surface area contributed by atoms with Gasteiger partial charge in [-0.1, -0.05) is 37.5 Å². The monoisotopic (exact) mass is 434 g/mol. The number of hydrogen-bond donors (Lipinski definition) is 3. The lowest BCUT2D eigenvalue weighted by atomic mass is 9.71. The van der Waals surface area contributed by atoms with E-state index in [1.807, 2.05) is 42.6 Å². The molecule has 1 atom stereocenters. The second-order valence-corrected chi connectivity index (χ2v) is 8.66. The van der Waals surface area contributed by atoms with E-state index < -0.39 is 11.8 Å². The van der Waals surface area contributed by atoms with E-state index in [1.165, 1.54) is 6.42 Å². The van der Waals surface area contributed by atoms with E-state index in [1.54, 1.807) is 13.3 Å². The van der Waals surface area contributed by atoms with E-state index in [2.05, 4.69) is 15.3 Å². The molecule has 0 radical (unpaired) electrons. The van der Waals surface area contributed by atoms with Gasteiger partial charge in [-0.3, -0.25) is 14.6 Å². The van der Waals surface area contributed by atoms with Crippen LogP contribution in [0.2, 0.25) is 0 Å². The molecule has 7 nitrogen and oxygen atoms in total. The first kappa shape index (κ1) is 21.9. The van der Waals surface area contributed by atoms with Crippen molar-refractivity contribution in [2.24, 2.45) is 11.7 Å². The predicted molar refractivity (Wildman–Crippen MR) is 123 cm³/mol. The molecule has 3 aromatic rings. The minimum Gasteiger partial charge on any atom is -0.495 e. The molecule has 7 heteroatoms. The summed E-state index contributed by atoms with van der Waals surface area (Å²) in [5, 5.41) is 4.04. The van der Waals surface area contributed by atoms with Crippen LogP contribution in [0.15, 0.2) is 48.8 Å². The third kappa shape index (κ3) is 4.47. The molecule has 32 heavy (non-hydrogen) atoms. The van der Waals surface area contributed by atoms with E-state index in [9.17, 15) is 9.59 Å². The number of carbonyl (C=O) groups excluding carboxylic acids is 2. The third-order valence-electron chi connectivity index (χ3n) is 6.69. The number of fused-ring (bicyclic) bond motifs is 1. The van der Waals surface area contributed by atoms with Gasteiger partial charge < -0.3 is 20.8 Å². The second kappa shape index (κ2) is 9.42. The Morgan fingerprint density at radius 2 is 1.97 bits per heavy atom. The van der Waals surface area contributed by atoms with Crippen LogP contribution in [0.3, 0.4) is 0 Å². The largest absolute Gasteiger partial charge is 0.495 e. The highest BCUT2D eigenvalue weighted by molar-refractivity contribution is 6.00. The number of carbonyl (C=O) groups is 2. The number of ether oxygens (including phenoxy) is 1. The Kier molecular flexibility index (Phi) is 6.44. The summed E-state index contributed by atoms with van der Waals surface area (Å²) in [6.07, 6.45) is 9.05. The number of nitrogens with two attached hydrogens (primary N) is 1. The van der Waals surface area contributed by atoms with Gasteiger partial charge in [-0.25, -0.2) is 0 Å². The summed E-state index contributed by atoms with van der Waals surface area (Å²) >= 11 is 0. The maximum absolute atomic E-state index is 13.1. The molecule has 0 saturated heterocycles. The van der Waals surface area contributed by atoms with E-state index in [4.69, 9.17) is 10.5 Å². The van der Waals surface area contributed by atoms with Gasteiger partial charge in [-0.2, -0.15) is 0 Å². The summed E-state index contributed by atoms with van der Waals surface area (Å²) in [4.78, 5) is 33.1. The Bertz CT molecular complexity index is 1080. The highest BCUT2D eigenvalue weighted by Gasteiger charge is 2.37. The zero-order chi connectivity index (χ0) is 22.6. The smallest absolute Gasteiger partial charge is 0.232 e. The molecule has 4 N–H and O–H groups in total. The van der Waals surface area contributed by atoms with E-state index in [0.29, 0.717) is 12.3 Å². The maximum atomic E-state index is 13.1. The predicted octanol–water partition coefficient (Wildman–Crippen LogP) is 3.23. The minimum atomic E-state index is -0.932. The van der Waals surface area contributed by atoms with Gasteiger partial charge in [0.1, 0.15) is 11.7 Å². The van der Waals surface area contributed by atoms with E-state index in [0.717, 1.165) is 47.8 Å². The van der Waals surface area contributed by atoms with Crippen LogP contribution in [0.25, 0.3) is 10.9 Å². The highest BCUT2D eigenvalue weighted by Crippen LogP contribution is 2.38. The number of amides is 2. The molecule has 1 saturated carbocycles. The van der Waals surface area contributed by atoms with Crippen molar-refractivity contribution in [3.05, 3.63) is 60.0 Å². The topological polar surface area (TPSA) is 110 Å². The fraction of sp³-hybridized carbons (Fsp3) is 0.400. The molecule has 1 aromatic carbocycles. The van der Waals surface area contributed by atoms with Crippen LogP contribution < -0.4 is 15.8 Å². The van der Waals surface area contributed by atoms with Crippen LogP contribution in [-0.4, -0.2) is 35.4 Å². The Morgan fingerprint density at radius 1 is 1.19 bits per heavy atom. The number of nitrogens with one attached hydrogen (secondary N) is 2. The molecule has 168 valence electrons. The number of primary amides is 1. The first-order valence-corrected chi connectivity index (χ1v) is 11.1. The molecule has 1 unspecified atom stereocenters. The molecule has 0 bridgehead atoms. The molecule has 1 aliphatic carbocycles. The number of benzene rings is 1. The number of nitrogens with zero attached hydrogens (tertiary/aromatic N) is 1. The third-order valence-corrected chi connectivity index (χ3v) is 6.69. The van der Waals surface area contributed by atoms with Crippen LogP contribution in [0, 0.1) is 5.92 Å². The summed E-state index contributed by atoms with van der Waals surface area (Å²) < 4.78 is 5.24. The first-order chi connectivity index (χ1) is 15.5. The molecular weight excluding hydrogens is 404 g/mol. The van der Waals surface area contributed by atoms with Crippen LogP contribution in [0.4, 0.5) is 0 Å². The molecule has 2 amide bonds. The summed E-state index contributed by atoms with van der Waals surface area (Å²) in [6, 6.07) is 11.7. The Morgan fingerprint density at radius 3 is 2.66 bits per heavy atom. The number of rotatable bonds is 8. The highest BCUT2D eigenvalue weighted by atomic mass is 16.5. The van der Waals surface area contributed by atoms with Gasteiger partial charge in [0, 0.05) is 34.8 Å². The second-order valence-electron chi connectivity index (χ2n) is 8.66. The van der Waals surface area contributed by atoms with Crippen molar-refractivity contribution in [3.8, 4) is 5.75 Å². The lowest BCUT2D eigenvalue weighted by molar-refractivity contribution is -0.133. The molecule has 0 spiro atoms. The van der Waals surface area contributed by atoms with Crippen LogP contribution >= 0.6 is 0 Å². The lowest BCUT2D eigenvalue weighted by Gasteiger charge is -2.37. The quantitative estimate of drug-likeness (QED) is 0.473. The molecule has 0 aliphatic heterocycles. The first-order valence-electron chi connectivity index (χ1n) is 11.1. The zero-order valence-electron chi connectivity index (χ0n) is 18.4. The van der Waals surface area contributed by atoms with Crippen molar-refractivity contribution >= 4 is 22.7 Å². The van der Waals surface area contributed by atoms with Gasteiger partial charge in [-0.15, -0.1) is 0 Å². The number of aromatic amines is 1. The summed E-state index contributed by atoms with van der Waals surface area (Å²) in [6.45, 7) is 0.433. The number of methoxy groups -OCH3 is 1. The summed E-state index contributed by atoms with van der Waals surface area (Å²) in [7, 11) is 1.62. The number of H-pyrrole nitrogens is 1. The SMILES string of the molecule is COc1ccc(C2(CNC(=O)C(Cc3c[nH]c4ccccc34)C(N)=O)CCCCC2)nc1. The Labute approximate surface area is 187 Å². The van der Waals surface area contributed by atoms with Crippen LogP contribution in [-0.2, 0) is 21.4 Å². The number of aromatic nitrogens is 2. The zero-order valence-corrected chi connectivity index (χ0v) is 18.4. The van der Waals surface area contributed by atoms with Crippen LogP contribution in [0.5, 0.6) is 5.75 Å². The van der Waals surface area contributed by atoms with Gasteiger partial charge >= 0.3 is 0 Å². The maximum Gasteiger partial charge on any atom is 0.232 e. The number of hydrogen-bond acceptors (Lipinski definition) is 4. The molecular formula is C25H30N4O3. The molecule has 2 heterocycles. The van der Waals surface area contributed by atoms with Gasteiger partial charge in [0.05, 0.1) is 13.3 Å². The van der Waals surface area contributed by atoms with Gasteiger partial charge in [0.15, 0.2) is 0 Å². The minimum absolute atomic E-state index is 0.247. The normalized spacial score (nSPS) is 16.4. The van der Waals surface area contributed by atoms with Crippen molar-refractivity contribution < 1.29 is 14.3 Å². The van der Waals surface area contributed by atoms with Crippen molar-refractivity contribution in [2.75, 3.05) is 13.7 Å². The molecule has 1 aliphatic rings. The molecule has 4 rings (SSSR count). The van der Waals surface area contributed by atoms with Crippen molar-refractivity contribution in [3.63, 3.8) is 0 Å². The Hall–Kier alpha value is -3.35. The summed E-state index contributed by atoms with van der Waals surface area (Å²) in [5.41, 5.74) is 8.23. The van der Waals surface area contributed by atoms with Crippen molar-refractivity contribution in [1.82, 2.24) is 15.3 Å². The van der Waals surface area contributed by atoms with Gasteiger partial charge in [0.2, 0.25) is 11.8 Å². The van der Waals surface area contributed by atoms with Crippen molar-refractivity contribution in [1.29, 1.82) is 0 Å². The van der Waals surface area contributed by atoms with Gasteiger partial charge in [-0.05, 0) is 43.0 Å². The fourth-order valence-electron chi connectivity index (χ4n) is 4.79. The van der Waals surface area contributed by atoms with E-state index >= 15 is 0 Å². The lowest BCUT2D eigenvalue weighted by Crippen LogP contribution is -2.47. The Balaban J connectivity index is 1.51. The van der Waals surface area contributed by atoms with Crippen LogP contribution in [0.1, 0.15) is 43.4 Å². The fourth-order valence-corrected chi connectivity index (χ4v) is 4.79. The molecule has 1 fully saturated rings. The van der Waals surface area contributed by atoms with E-state index in [-0.39, 0.29) is 17.7 Å². The average Bonchev–Trinajstić information content (AvgIpc) is 3.24. The van der Waals surface area contributed by atoms with Gasteiger partial charge in [0.25, 0.3) is 0 Å². The number of pyridine rings is 1.